The summed E-state index contributed by atoms with van der Waals surface area (Å²) in [5.41, 5.74) is 1.38. The van der Waals surface area contributed by atoms with E-state index in [1.165, 1.54) is 37.9 Å². The number of hydrogen-bond donors (Lipinski definition) is 2. The maximum Gasteiger partial charge on any atom is 0.0205 e. The molecule has 1 fully saturated rings. The maximum absolute atomic E-state index is 3.53. The van der Waals surface area contributed by atoms with E-state index in [9.17, 15) is 0 Å². The van der Waals surface area contributed by atoms with Gasteiger partial charge in [0, 0.05) is 6.54 Å². The number of hydrogen-bond acceptors (Lipinski definition) is 2. The largest absolute Gasteiger partial charge is 0.317 e. The Balaban J connectivity index is 1.58. The highest BCUT2D eigenvalue weighted by Gasteiger charge is 2.11. The number of nitrogens with one attached hydrogen (secondary N) is 2. The first-order valence-electron chi connectivity index (χ1n) is 6.40. The minimum absolute atomic E-state index is 0.935. The fraction of sp³-hybridized carbons (Fsp3) is 0.571. The van der Waals surface area contributed by atoms with Crippen molar-refractivity contribution in [3.63, 3.8) is 0 Å². The Morgan fingerprint density at radius 3 is 2.62 bits per heavy atom. The lowest BCUT2D eigenvalue weighted by Crippen LogP contribution is -2.29. The monoisotopic (exact) mass is 218 g/mol. The van der Waals surface area contributed by atoms with Crippen LogP contribution in [0.5, 0.6) is 0 Å². The highest BCUT2D eigenvalue weighted by Crippen LogP contribution is 2.14. The van der Waals surface area contributed by atoms with E-state index in [1.54, 1.807) is 0 Å². The Labute approximate surface area is 98.4 Å². The molecule has 0 saturated carbocycles. The molecule has 0 aromatic heterocycles. The van der Waals surface area contributed by atoms with Crippen molar-refractivity contribution in [2.24, 2.45) is 5.92 Å². The molecule has 1 aliphatic rings. The summed E-state index contributed by atoms with van der Waals surface area (Å²) in [7, 11) is 0. The number of benzene rings is 1. The molecule has 2 heteroatoms. The quantitative estimate of drug-likeness (QED) is 0.740. The second kappa shape index (κ2) is 6.66. The van der Waals surface area contributed by atoms with E-state index in [2.05, 4.69) is 41.0 Å². The lowest BCUT2D eigenvalue weighted by Gasteiger charge is -2.22. The van der Waals surface area contributed by atoms with Crippen molar-refractivity contribution in [2.45, 2.75) is 25.8 Å². The number of rotatable bonds is 5. The van der Waals surface area contributed by atoms with Gasteiger partial charge in [-0.15, -0.1) is 0 Å². The van der Waals surface area contributed by atoms with E-state index in [0.717, 1.165) is 19.0 Å². The van der Waals surface area contributed by atoms with Gasteiger partial charge in [0.1, 0.15) is 0 Å². The third-order valence-corrected chi connectivity index (χ3v) is 3.36. The van der Waals surface area contributed by atoms with E-state index in [-0.39, 0.29) is 0 Å². The molecule has 1 saturated heterocycles. The predicted molar refractivity (Wildman–Crippen MR) is 68.4 cm³/mol. The van der Waals surface area contributed by atoms with Crippen LogP contribution in [-0.4, -0.2) is 19.6 Å². The summed E-state index contributed by atoms with van der Waals surface area (Å²) in [5.74, 6) is 0.935. The molecule has 1 aromatic rings. The molecule has 0 atom stereocenters. The zero-order chi connectivity index (χ0) is 11.1. The van der Waals surface area contributed by atoms with E-state index >= 15 is 0 Å². The summed E-state index contributed by atoms with van der Waals surface area (Å²) in [6.07, 6.45) is 4.04. The second-order valence-electron chi connectivity index (χ2n) is 4.64. The first-order valence-corrected chi connectivity index (χ1v) is 6.40. The van der Waals surface area contributed by atoms with Gasteiger partial charge in [0.05, 0.1) is 0 Å². The summed E-state index contributed by atoms with van der Waals surface area (Å²) in [4.78, 5) is 0. The van der Waals surface area contributed by atoms with Gasteiger partial charge in [-0.3, -0.25) is 0 Å². The fourth-order valence-corrected chi connectivity index (χ4v) is 2.31. The molecule has 0 unspecified atom stereocenters. The summed E-state index contributed by atoms with van der Waals surface area (Å²) in [5, 5.41) is 6.94. The van der Waals surface area contributed by atoms with Crippen molar-refractivity contribution in [3.8, 4) is 0 Å². The first-order chi connectivity index (χ1) is 7.95. The van der Waals surface area contributed by atoms with Gasteiger partial charge in [-0.1, -0.05) is 30.3 Å². The molecule has 0 spiro atoms. The lowest BCUT2D eigenvalue weighted by molar-refractivity contribution is 0.348. The zero-order valence-electron chi connectivity index (χ0n) is 9.91. The van der Waals surface area contributed by atoms with Crippen LogP contribution >= 0.6 is 0 Å². The van der Waals surface area contributed by atoms with Gasteiger partial charge >= 0.3 is 0 Å². The van der Waals surface area contributed by atoms with Crippen molar-refractivity contribution in [3.05, 3.63) is 35.9 Å². The molecule has 88 valence electrons. The molecular weight excluding hydrogens is 196 g/mol. The van der Waals surface area contributed by atoms with Crippen LogP contribution in [-0.2, 0) is 6.54 Å². The third-order valence-electron chi connectivity index (χ3n) is 3.36. The van der Waals surface area contributed by atoms with Crippen molar-refractivity contribution < 1.29 is 0 Å². The molecule has 2 nitrogen and oxygen atoms in total. The van der Waals surface area contributed by atoms with Crippen LogP contribution in [0.4, 0.5) is 0 Å². The Morgan fingerprint density at radius 2 is 1.88 bits per heavy atom. The van der Waals surface area contributed by atoms with Gasteiger partial charge in [-0.2, -0.15) is 0 Å². The minimum atomic E-state index is 0.935. The molecule has 0 bridgehead atoms. The highest BCUT2D eigenvalue weighted by molar-refractivity contribution is 5.14. The molecule has 16 heavy (non-hydrogen) atoms. The topological polar surface area (TPSA) is 24.1 Å². The van der Waals surface area contributed by atoms with Gasteiger partial charge in [0.25, 0.3) is 0 Å². The van der Waals surface area contributed by atoms with Crippen molar-refractivity contribution in [1.82, 2.24) is 10.6 Å². The maximum atomic E-state index is 3.53. The minimum Gasteiger partial charge on any atom is -0.317 e. The van der Waals surface area contributed by atoms with Crippen LogP contribution < -0.4 is 10.6 Å². The Morgan fingerprint density at radius 1 is 1.12 bits per heavy atom. The van der Waals surface area contributed by atoms with Crippen LogP contribution in [0, 0.1) is 5.92 Å². The summed E-state index contributed by atoms with van der Waals surface area (Å²) in [6, 6.07) is 10.6. The molecule has 1 aliphatic heterocycles. The van der Waals surface area contributed by atoms with Crippen molar-refractivity contribution in [1.29, 1.82) is 0 Å². The summed E-state index contributed by atoms with van der Waals surface area (Å²) < 4.78 is 0. The van der Waals surface area contributed by atoms with E-state index < -0.39 is 0 Å². The predicted octanol–water partition coefficient (Wildman–Crippen LogP) is 2.17. The van der Waals surface area contributed by atoms with Crippen LogP contribution in [0.25, 0.3) is 0 Å². The average Bonchev–Trinajstić information content (AvgIpc) is 2.37. The molecule has 0 radical (unpaired) electrons. The lowest BCUT2D eigenvalue weighted by atomic mass is 9.95. The third kappa shape index (κ3) is 3.95. The Bertz CT molecular complexity index is 278. The van der Waals surface area contributed by atoms with Gasteiger partial charge in [-0.25, -0.2) is 0 Å². The first kappa shape index (κ1) is 11.6. The Kier molecular flexibility index (Phi) is 4.84. The smallest absolute Gasteiger partial charge is 0.0205 e. The van der Waals surface area contributed by atoms with Crippen molar-refractivity contribution >= 4 is 0 Å². The fourth-order valence-electron chi connectivity index (χ4n) is 2.31. The highest BCUT2D eigenvalue weighted by atomic mass is 14.9. The normalized spacial score (nSPS) is 17.5. The molecule has 0 aliphatic carbocycles. The van der Waals surface area contributed by atoms with Crippen LogP contribution in [0.1, 0.15) is 24.8 Å². The van der Waals surface area contributed by atoms with E-state index in [0.29, 0.717) is 0 Å². The summed E-state index contributed by atoms with van der Waals surface area (Å²) in [6.45, 7) is 4.58. The van der Waals surface area contributed by atoms with Gasteiger partial charge in [-0.05, 0) is 50.4 Å². The standard InChI is InChI=1S/C14H22N2/c1-2-4-14(5-3-1)12-16-11-8-13-6-9-15-10-7-13/h1-5,13,15-16H,6-12H2. The molecule has 2 rings (SSSR count). The molecule has 1 heterocycles. The number of piperidine rings is 1. The summed E-state index contributed by atoms with van der Waals surface area (Å²) >= 11 is 0. The van der Waals surface area contributed by atoms with Crippen molar-refractivity contribution in [2.75, 3.05) is 19.6 Å². The molecule has 0 amide bonds. The zero-order valence-corrected chi connectivity index (χ0v) is 9.91. The van der Waals surface area contributed by atoms with Crippen LogP contribution in [0.15, 0.2) is 30.3 Å². The van der Waals surface area contributed by atoms with Crippen LogP contribution in [0.2, 0.25) is 0 Å². The Hall–Kier alpha value is -0.860. The van der Waals surface area contributed by atoms with Gasteiger partial charge in [0.2, 0.25) is 0 Å². The van der Waals surface area contributed by atoms with Gasteiger partial charge in [0.15, 0.2) is 0 Å². The van der Waals surface area contributed by atoms with Gasteiger partial charge < -0.3 is 10.6 Å². The van der Waals surface area contributed by atoms with E-state index in [4.69, 9.17) is 0 Å². The van der Waals surface area contributed by atoms with E-state index in [1.807, 2.05) is 0 Å². The average molecular weight is 218 g/mol. The SMILES string of the molecule is c1ccc(CNCCC2CCNCC2)cc1. The molecule has 1 aromatic carbocycles. The molecule has 2 N–H and O–H groups in total. The molecular formula is C14H22N2. The van der Waals surface area contributed by atoms with Crippen LogP contribution in [0.3, 0.4) is 0 Å². The second-order valence-corrected chi connectivity index (χ2v) is 4.64.